The number of nitrogens with two attached hydrogens (primary N) is 1. The number of pyridine rings is 1. The van der Waals surface area contributed by atoms with Crippen molar-refractivity contribution in [1.82, 2.24) is 4.98 Å². The lowest BCUT2D eigenvalue weighted by Crippen LogP contribution is -2.16. The van der Waals surface area contributed by atoms with Gasteiger partial charge in [0, 0.05) is 18.9 Å². The first-order chi connectivity index (χ1) is 9.91. The molecular weight excluding hydrogens is 292 g/mol. The number of benzene rings is 1. The van der Waals surface area contributed by atoms with E-state index in [0.29, 0.717) is 17.1 Å². The third-order valence-corrected chi connectivity index (χ3v) is 3.62. The molecule has 0 aliphatic heterocycles. The molecule has 7 nitrogen and oxygen atoms in total. The second-order valence-electron chi connectivity index (χ2n) is 4.18. The van der Waals surface area contributed by atoms with Gasteiger partial charge in [-0.05, 0) is 30.3 Å². The van der Waals surface area contributed by atoms with Crippen LogP contribution in [0.15, 0.2) is 47.5 Å². The Hall–Kier alpha value is -2.45. The second-order valence-corrected chi connectivity index (χ2v) is 5.74. The molecule has 0 bridgehead atoms. The maximum absolute atomic E-state index is 12.2. The average Bonchev–Trinajstić information content (AvgIpc) is 2.46. The number of nitrogens with one attached hydrogen (secondary N) is 2. The number of sulfonamides is 1. The number of carbonyl (C=O) groups is 1. The minimum absolute atomic E-state index is 0.0691. The molecule has 2 aromatic rings. The van der Waals surface area contributed by atoms with E-state index in [9.17, 15) is 13.2 Å². The van der Waals surface area contributed by atoms with Crippen molar-refractivity contribution in [3.05, 3.63) is 48.2 Å². The van der Waals surface area contributed by atoms with E-state index in [4.69, 9.17) is 5.14 Å². The molecule has 0 saturated heterocycles. The van der Waals surface area contributed by atoms with Gasteiger partial charge in [-0.1, -0.05) is 6.07 Å². The van der Waals surface area contributed by atoms with Crippen LogP contribution in [0.1, 0.15) is 10.4 Å². The number of carbonyl (C=O) groups excluding carboxylic acids is 1. The maximum Gasteiger partial charge on any atom is 0.259 e. The number of rotatable bonds is 4. The second kappa shape index (κ2) is 5.90. The number of hydrogen-bond acceptors (Lipinski definition) is 5. The van der Waals surface area contributed by atoms with Crippen molar-refractivity contribution in [2.45, 2.75) is 4.90 Å². The molecule has 1 aromatic carbocycles. The highest BCUT2D eigenvalue weighted by Gasteiger charge is 2.13. The number of nitrogens with zero attached hydrogens (tertiary/aromatic N) is 1. The summed E-state index contributed by atoms with van der Waals surface area (Å²) in [4.78, 5) is 16.1. The van der Waals surface area contributed by atoms with Crippen LogP contribution in [0.4, 0.5) is 11.5 Å². The third-order valence-electron chi connectivity index (χ3n) is 2.71. The molecule has 4 N–H and O–H groups in total. The molecule has 1 aromatic heterocycles. The molecule has 0 radical (unpaired) electrons. The zero-order valence-electron chi connectivity index (χ0n) is 11.2. The highest BCUT2D eigenvalue weighted by atomic mass is 32.2. The van der Waals surface area contributed by atoms with Crippen molar-refractivity contribution >= 4 is 27.4 Å². The molecule has 0 unspecified atom stereocenters. The van der Waals surface area contributed by atoms with Crippen molar-refractivity contribution in [3.8, 4) is 0 Å². The van der Waals surface area contributed by atoms with Crippen LogP contribution in [0.2, 0.25) is 0 Å². The molecule has 0 fully saturated rings. The molecule has 21 heavy (non-hydrogen) atoms. The van der Waals surface area contributed by atoms with Crippen LogP contribution in [0.5, 0.6) is 0 Å². The molecule has 0 aliphatic rings. The predicted molar refractivity (Wildman–Crippen MR) is 79.6 cm³/mol. The van der Waals surface area contributed by atoms with Crippen LogP contribution < -0.4 is 15.8 Å². The number of primary sulfonamides is 1. The Balaban J connectivity index is 2.28. The van der Waals surface area contributed by atoms with Crippen molar-refractivity contribution in [3.63, 3.8) is 0 Å². The van der Waals surface area contributed by atoms with Gasteiger partial charge in [-0.2, -0.15) is 0 Å². The van der Waals surface area contributed by atoms with Crippen LogP contribution in [-0.2, 0) is 10.0 Å². The van der Waals surface area contributed by atoms with Crippen molar-refractivity contribution in [2.75, 3.05) is 17.7 Å². The summed E-state index contributed by atoms with van der Waals surface area (Å²) in [6.45, 7) is 0. The number of aromatic nitrogens is 1. The largest absolute Gasteiger partial charge is 0.372 e. The quantitative estimate of drug-likeness (QED) is 0.780. The molecule has 0 aliphatic carbocycles. The molecule has 0 atom stereocenters. The molecule has 110 valence electrons. The Labute approximate surface area is 122 Å². The van der Waals surface area contributed by atoms with E-state index >= 15 is 0 Å². The lowest BCUT2D eigenvalue weighted by Gasteiger charge is -2.09. The van der Waals surface area contributed by atoms with Gasteiger partial charge in [0.05, 0.1) is 10.5 Å². The van der Waals surface area contributed by atoms with Gasteiger partial charge in [-0.15, -0.1) is 0 Å². The van der Waals surface area contributed by atoms with E-state index in [-0.39, 0.29) is 4.90 Å². The van der Waals surface area contributed by atoms with Gasteiger partial charge in [-0.3, -0.25) is 4.79 Å². The van der Waals surface area contributed by atoms with E-state index in [1.807, 2.05) is 0 Å². The van der Waals surface area contributed by atoms with Crippen LogP contribution in [0.3, 0.4) is 0 Å². The van der Waals surface area contributed by atoms with Crippen LogP contribution in [-0.4, -0.2) is 26.4 Å². The summed E-state index contributed by atoms with van der Waals surface area (Å²) in [6.07, 6.45) is 1.56. The molecule has 2 rings (SSSR count). The topological polar surface area (TPSA) is 114 Å². The van der Waals surface area contributed by atoms with E-state index in [1.165, 1.54) is 18.2 Å². The zero-order chi connectivity index (χ0) is 15.5. The first kappa shape index (κ1) is 14.9. The van der Waals surface area contributed by atoms with Crippen LogP contribution in [0, 0.1) is 0 Å². The third kappa shape index (κ3) is 3.56. The standard InChI is InChI=1S/C13H14N4O3S/c1-15-12-11(6-3-7-16-12)13(18)17-9-4-2-5-10(8-9)21(14,19)20/h2-8H,1H3,(H,15,16)(H,17,18)(H2,14,19,20). The molecule has 0 spiro atoms. The number of anilines is 2. The first-order valence-corrected chi connectivity index (χ1v) is 7.53. The Morgan fingerprint density at radius 2 is 2.00 bits per heavy atom. The SMILES string of the molecule is CNc1ncccc1C(=O)Nc1cccc(S(N)(=O)=O)c1. The molecular formula is C13H14N4O3S. The highest BCUT2D eigenvalue weighted by Crippen LogP contribution is 2.17. The Morgan fingerprint density at radius 1 is 1.24 bits per heavy atom. The van der Waals surface area contributed by atoms with Crippen molar-refractivity contribution < 1.29 is 13.2 Å². The van der Waals surface area contributed by atoms with Crippen LogP contribution >= 0.6 is 0 Å². The molecule has 1 heterocycles. The Morgan fingerprint density at radius 3 is 2.67 bits per heavy atom. The average molecular weight is 306 g/mol. The minimum Gasteiger partial charge on any atom is -0.372 e. The number of hydrogen-bond donors (Lipinski definition) is 3. The van der Waals surface area contributed by atoms with E-state index < -0.39 is 15.9 Å². The van der Waals surface area contributed by atoms with E-state index in [0.717, 1.165) is 0 Å². The first-order valence-electron chi connectivity index (χ1n) is 5.99. The normalized spacial score (nSPS) is 11.0. The van der Waals surface area contributed by atoms with Gasteiger partial charge >= 0.3 is 0 Å². The lowest BCUT2D eigenvalue weighted by molar-refractivity contribution is 0.102. The fourth-order valence-electron chi connectivity index (χ4n) is 1.74. The Bertz CT molecular complexity index is 774. The van der Waals surface area contributed by atoms with Gasteiger partial charge in [-0.25, -0.2) is 18.5 Å². The van der Waals surface area contributed by atoms with Crippen LogP contribution in [0.25, 0.3) is 0 Å². The predicted octanol–water partition coefficient (Wildman–Crippen LogP) is 1.02. The zero-order valence-corrected chi connectivity index (χ0v) is 12.0. The minimum atomic E-state index is -3.81. The fraction of sp³-hybridized carbons (Fsp3) is 0.0769. The Kier molecular flexibility index (Phi) is 4.20. The highest BCUT2D eigenvalue weighted by molar-refractivity contribution is 7.89. The lowest BCUT2D eigenvalue weighted by atomic mass is 10.2. The van der Waals surface area contributed by atoms with E-state index in [2.05, 4.69) is 15.6 Å². The van der Waals surface area contributed by atoms with Gasteiger partial charge in [0.15, 0.2) is 0 Å². The summed E-state index contributed by atoms with van der Waals surface area (Å²) in [7, 11) is -2.16. The molecule has 1 amide bonds. The fourth-order valence-corrected chi connectivity index (χ4v) is 2.30. The van der Waals surface area contributed by atoms with E-state index in [1.54, 1.807) is 31.4 Å². The van der Waals surface area contributed by atoms with Crippen molar-refractivity contribution in [1.29, 1.82) is 0 Å². The van der Waals surface area contributed by atoms with Gasteiger partial charge < -0.3 is 10.6 Å². The summed E-state index contributed by atoms with van der Waals surface area (Å²) >= 11 is 0. The summed E-state index contributed by atoms with van der Waals surface area (Å²) in [6, 6.07) is 8.96. The summed E-state index contributed by atoms with van der Waals surface area (Å²) in [5.41, 5.74) is 0.679. The van der Waals surface area contributed by atoms with Gasteiger partial charge in [0.25, 0.3) is 5.91 Å². The van der Waals surface area contributed by atoms with Crippen molar-refractivity contribution in [2.24, 2.45) is 5.14 Å². The molecule has 0 saturated carbocycles. The smallest absolute Gasteiger partial charge is 0.259 e. The summed E-state index contributed by atoms with van der Waals surface area (Å²) < 4.78 is 22.6. The maximum atomic E-state index is 12.2. The monoisotopic (exact) mass is 306 g/mol. The summed E-state index contributed by atoms with van der Waals surface area (Å²) in [5, 5.41) is 10.5. The number of amides is 1. The molecule has 8 heteroatoms. The van der Waals surface area contributed by atoms with Gasteiger partial charge in [0.2, 0.25) is 10.0 Å². The summed E-state index contributed by atoms with van der Waals surface area (Å²) in [5.74, 6) is 0.0246. The van der Waals surface area contributed by atoms with Gasteiger partial charge in [0.1, 0.15) is 5.82 Å².